The van der Waals surface area contributed by atoms with E-state index in [2.05, 4.69) is 22.5 Å². The normalized spacial score (nSPS) is 19.1. The van der Waals surface area contributed by atoms with Crippen molar-refractivity contribution in [3.63, 3.8) is 0 Å². The molecule has 0 aliphatic carbocycles. The van der Waals surface area contributed by atoms with Crippen molar-refractivity contribution in [3.8, 4) is 0 Å². The molecule has 0 spiro atoms. The molecule has 0 aromatic heterocycles. The monoisotopic (exact) mass is 256 g/mol. The van der Waals surface area contributed by atoms with Gasteiger partial charge in [0.25, 0.3) is 0 Å². The van der Waals surface area contributed by atoms with Gasteiger partial charge in [0.05, 0.1) is 0 Å². The molecule has 1 heterocycles. The first-order valence-electron chi connectivity index (χ1n) is 6.66. The smallest absolute Gasteiger partial charge is 0.318 e. The highest BCUT2D eigenvalue weighted by molar-refractivity contribution is 5.93. The fourth-order valence-electron chi connectivity index (χ4n) is 2.29. The topological polar surface area (TPSA) is 87.5 Å². The number of urea groups is 1. The summed E-state index contributed by atoms with van der Waals surface area (Å²) in [6, 6.07) is -0.241. The zero-order valence-electron chi connectivity index (χ0n) is 11.1. The largest absolute Gasteiger partial charge is 0.351 e. The molecular formula is C12H24N4O2. The predicted molar refractivity (Wildman–Crippen MR) is 70.1 cm³/mol. The van der Waals surface area contributed by atoms with Gasteiger partial charge in [0.1, 0.15) is 0 Å². The molecule has 0 radical (unpaired) electrons. The van der Waals surface area contributed by atoms with Crippen molar-refractivity contribution in [2.45, 2.75) is 38.6 Å². The minimum Gasteiger partial charge on any atom is -0.351 e. The zero-order chi connectivity index (χ0) is 13.4. The third-order valence-corrected chi connectivity index (χ3v) is 3.10. The Bertz CT molecular complexity index is 277. The summed E-state index contributed by atoms with van der Waals surface area (Å²) in [7, 11) is 0. The molecule has 6 nitrogen and oxygen atoms in total. The number of hydrogen-bond acceptors (Lipinski definition) is 4. The van der Waals surface area contributed by atoms with Crippen molar-refractivity contribution < 1.29 is 9.59 Å². The van der Waals surface area contributed by atoms with E-state index in [0.717, 1.165) is 26.1 Å². The Balaban J connectivity index is 2.27. The molecule has 1 aliphatic rings. The molecule has 0 aromatic rings. The van der Waals surface area contributed by atoms with Gasteiger partial charge in [0, 0.05) is 25.6 Å². The molecule has 1 fully saturated rings. The maximum Gasteiger partial charge on any atom is 0.318 e. The summed E-state index contributed by atoms with van der Waals surface area (Å²) < 4.78 is 0. The van der Waals surface area contributed by atoms with E-state index in [9.17, 15) is 9.59 Å². The summed E-state index contributed by atoms with van der Waals surface area (Å²) in [5.41, 5.74) is 4.90. The third-order valence-electron chi connectivity index (χ3n) is 3.10. The van der Waals surface area contributed by atoms with Gasteiger partial charge < -0.3 is 16.0 Å². The van der Waals surface area contributed by atoms with Crippen LogP contribution in [-0.4, -0.2) is 49.1 Å². The number of imide groups is 1. The number of nitrogens with zero attached hydrogens (tertiary/aromatic N) is 1. The van der Waals surface area contributed by atoms with Crippen LogP contribution in [0.25, 0.3) is 0 Å². The Labute approximate surface area is 108 Å². The summed E-state index contributed by atoms with van der Waals surface area (Å²) in [6.07, 6.45) is 3.81. The molecule has 6 heteroatoms. The molecule has 104 valence electrons. The van der Waals surface area contributed by atoms with Crippen molar-refractivity contribution in [2.24, 2.45) is 5.73 Å². The zero-order valence-corrected chi connectivity index (χ0v) is 11.1. The van der Waals surface area contributed by atoms with Crippen LogP contribution >= 0.6 is 0 Å². The maximum absolute atomic E-state index is 11.3. The molecule has 1 rings (SSSR count). The lowest BCUT2D eigenvalue weighted by Crippen LogP contribution is -2.41. The Morgan fingerprint density at radius 3 is 2.78 bits per heavy atom. The molecular weight excluding hydrogens is 232 g/mol. The summed E-state index contributed by atoms with van der Waals surface area (Å²) in [5.74, 6) is -0.303. The van der Waals surface area contributed by atoms with Crippen LogP contribution in [0.15, 0.2) is 0 Å². The number of nitrogens with one attached hydrogen (secondary N) is 2. The van der Waals surface area contributed by atoms with E-state index < -0.39 is 6.03 Å². The van der Waals surface area contributed by atoms with Crippen LogP contribution in [0.2, 0.25) is 0 Å². The lowest BCUT2D eigenvalue weighted by molar-refractivity contribution is -0.120. The van der Waals surface area contributed by atoms with Crippen molar-refractivity contribution in [1.29, 1.82) is 0 Å². The Kier molecular flexibility index (Phi) is 6.67. The van der Waals surface area contributed by atoms with Crippen molar-refractivity contribution >= 4 is 11.9 Å². The van der Waals surface area contributed by atoms with Gasteiger partial charge in [0.2, 0.25) is 5.91 Å². The highest BCUT2D eigenvalue weighted by Gasteiger charge is 2.18. The number of primary amides is 1. The molecule has 3 amide bonds. The first-order chi connectivity index (χ1) is 8.61. The minimum absolute atomic E-state index is 0.303. The fraction of sp³-hybridized carbons (Fsp3) is 0.833. The van der Waals surface area contributed by atoms with Crippen LogP contribution in [0.3, 0.4) is 0 Å². The summed E-state index contributed by atoms with van der Waals surface area (Å²) in [4.78, 5) is 24.1. The number of carbonyl (C=O) groups is 2. The van der Waals surface area contributed by atoms with E-state index in [1.807, 2.05) is 0 Å². The first kappa shape index (κ1) is 14.9. The van der Waals surface area contributed by atoms with Crippen molar-refractivity contribution in [2.75, 3.05) is 26.2 Å². The molecule has 0 saturated carbocycles. The van der Waals surface area contributed by atoms with Gasteiger partial charge in [-0.3, -0.25) is 10.1 Å². The van der Waals surface area contributed by atoms with Crippen LogP contribution in [0.4, 0.5) is 4.79 Å². The summed E-state index contributed by atoms with van der Waals surface area (Å²) in [5, 5.41) is 5.54. The van der Waals surface area contributed by atoms with E-state index in [-0.39, 0.29) is 5.91 Å². The van der Waals surface area contributed by atoms with Gasteiger partial charge in [-0.2, -0.15) is 0 Å². The number of nitrogens with two attached hydrogens (primary N) is 1. The maximum atomic E-state index is 11.3. The van der Waals surface area contributed by atoms with Crippen LogP contribution in [-0.2, 0) is 4.79 Å². The number of hydrogen-bond donors (Lipinski definition) is 3. The summed E-state index contributed by atoms with van der Waals surface area (Å²) in [6.45, 7) is 5.83. The van der Waals surface area contributed by atoms with E-state index in [4.69, 9.17) is 5.73 Å². The van der Waals surface area contributed by atoms with E-state index in [1.54, 1.807) is 0 Å². The van der Waals surface area contributed by atoms with Gasteiger partial charge in [0.15, 0.2) is 0 Å². The van der Waals surface area contributed by atoms with Crippen LogP contribution < -0.4 is 16.4 Å². The van der Waals surface area contributed by atoms with E-state index in [1.165, 1.54) is 12.8 Å². The van der Waals surface area contributed by atoms with Gasteiger partial charge in [-0.1, -0.05) is 6.92 Å². The first-order valence-corrected chi connectivity index (χ1v) is 6.66. The average molecular weight is 256 g/mol. The van der Waals surface area contributed by atoms with Crippen LogP contribution in [0.1, 0.15) is 32.6 Å². The number of amides is 3. The highest BCUT2D eigenvalue weighted by atomic mass is 16.2. The van der Waals surface area contributed by atoms with E-state index >= 15 is 0 Å². The molecule has 1 unspecified atom stereocenters. The van der Waals surface area contributed by atoms with Crippen molar-refractivity contribution in [3.05, 3.63) is 0 Å². The summed E-state index contributed by atoms with van der Waals surface area (Å²) >= 11 is 0. The molecule has 18 heavy (non-hydrogen) atoms. The fourth-order valence-corrected chi connectivity index (χ4v) is 2.29. The standard InChI is InChI=1S/C12H24N4O2/c1-2-7-16(9-10-4-3-6-14-10)8-5-11(17)15-12(13)18/h10,14H,2-9H2,1H3,(H3,13,15,17,18). The lowest BCUT2D eigenvalue weighted by atomic mass is 10.2. The second-order valence-electron chi connectivity index (χ2n) is 4.76. The molecule has 1 atom stereocenters. The second kappa shape index (κ2) is 8.05. The van der Waals surface area contributed by atoms with Gasteiger partial charge in [-0.05, 0) is 32.4 Å². The van der Waals surface area contributed by atoms with E-state index in [0.29, 0.717) is 19.0 Å². The Morgan fingerprint density at radius 2 is 2.22 bits per heavy atom. The Morgan fingerprint density at radius 1 is 1.44 bits per heavy atom. The second-order valence-corrected chi connectivity index (χ2v) is 4.76. The highest BCUT2D eigenvalue weighted by Crippen LogP contribution is 2.07. The molecule has 4 N–H and O–H groups in total. The SMILES string of the molecule is CCCN(CCC(=O)NC(N)=O)CC1CCCN1. The quantitative estimate of drug-likeness (QED) is 0.600. The minimum atomic E-state index is -0.778. The molecule has 1 aliphatic heterocycles. The van der Waals surface area contributed by atoms with Gasteiger partial charge in [-0.15, -0.1) is 0 Å². The van der Waals surface area contributed by atoms with Crippen LogP contribution in [0.5, 0.6) is 0 Å². The molecule has 0 aromatic carbocycles. The number of carbonyl (C=O) groups excluding carboxylic acids is 2. The van der Waals surface area contributed by atoms with Crippen LogP contribution in [0, 0.1) is 0 Å². The average Bonchev–Trinajstić information content (AvgIpc) is 2.78. The van der Waals surface area contributed by atoms with Crippen molar-refractivity contribution in [1.82, 2.24) is 15.5 Å². The molecule has 1 saturated heterocycles. The third kappa shape index (κ3) is 5.97. The van der Waals surface area contributed by atoms with Gasteiger partial charge in [-0.25, -0.2) is 4.79 Å². The van der Waals surface area contributed by atoms with Gasteiger partial charge >= 0.3 is 6.03 Å². The number of rotatable bonds is 7. The molecule has 0 bridgehead atoms. The predicted octanol–water partition coefficient (Wildman–Crippen LogP) is 0.0354. The Hall–Kier alpha value is -1.14. The lowest BCUT2D eigenvalue weighted by Gasteiger charge is -2.24.